The molecule has 3 aromatic rings. The number of benzene rings is 2. The number of carbonyl (C=O) groups excluding carboxylic acids is 1. The van der Waals surface area contributed by atoms with Gasteiger partial charge in [0.05, 0.1) is 16.3 Å². The van der Waals surface area contributed by atoms with Crippen molar-refractivity contribution in [1.29, 1.82) is 0 Å². The second kappa shape index (κ2) is 8.95. The highest BCUT2D eigenvalue weighted by atomic mass is 35.5. The van der Waals surface area contributed by atoms with Gasteiger partial charge in [0.15, 0.2) is 6.61 Å². The van der Waals surface area contributed by atoms with Gasteiger partial charge in [0.1, 0.15) is 17.3 Å². The van der Waals surface area contributed by atoms with E-state index in [9.17, 15) is 4.79 Å². The van der Waals surface area contributed by atoms with Gasteiger partial charge in [0, 0.05) is 5.56 Å². The monoisotopic (exact) mass is 416 g/mol. The number of nitrogens with zero attached hydrogens (tertiary/aromatic N) is 1. The van der Waals surface area contributed by atoms with Crippen LogP contribution in [0.15, 0.2) is 58.0 Å². The standard InChI is InChI=1S/C21H18Cl2N2O3/c1-13-3-4-14(2)20(9-13)27-12-21(26)25-24-11-16-6-8-19(28-16)15-5-7-17(22)18(23)10-15/h3-11H,12H2,1-2H3,(H,25,26). The molecular formula is C21H18Cl2N2O3. The second-order valence-electron chi connectivity index (χ2n) is 6.18. The number of furan rings is 1. The average Bonchev–Trinajstić information content (AvgIpc) is 3.13. The maximum absolute atomic E-state index is 11.9. The summed E-state index contributed by atoms with van der Waals surface area (Å²) in [5.74, 6) is 1.41. The van der Waals surface area contributed by atoms with Gasteiger partial charge in [0.25, 0.3) is 5.91 Å². The van der Waals surface area contributed by atoms with Gasteiger partial charge < -0.3 is 9.15 Å². The maximum Gasteiger partial charge on any atom is 0.277 e. The van der Waals surface area contributed by atoms with Crippen LogP contribution in [0.4, 0.5) is 0 Å². The quantitative estimate of drug-likeness (QED) is 0.432. The van der Waals surface area contributed by atoms with Crippen LogP contribution in [-0.4, -0.2) is 18.7 Å². The molecule has 0 spiro atoms. The lowest BCUT2D eigenvalue weighted by atomic mass is 10.1. The van der Waals surface area contributed by atoms with Crippen molar-refractivity contribution in [2.24, 2.45) is 5.10 Å². The Labute approximate surface area is 172 Å². The molecule has 0 unspecified atom stereocenters. The van der Waals surface area contributed by atoms with Crippen molar-refractivity contribution in [2.45, 2.75) is 13.8 Å². The minimum Gasteiger partial charge on any atom is -0.483 e. The number of halogens is 2. The van der Waals surface area contributed by atoms with Crippen LogP contribution in [0.1, 0.15) is 16.9 Å². The number of rotatable bonds is 6. The van der Waals surface area contributed by atoms with Gasteiger partial charge in [-0.2, -0.15) is 5.10 Å². The van der Waals surface area contributed by atoms with Crippen LogP contribution in [0, 0.1) is 13.8 Å². The van der Waals surface area contributed by atoms with E-state index in [4.69, 9.17) is 32.4 Å². The summed E-state index contributed by atoms with van der Waals surface area (Å²) in [6.07, 6.45) is 1.41. The lowest BCUT2D eigenvalue weighted by Crippen LogP contribution is -2.24. The molecule has 1 amide bonds. The summed E-state index contributed by atoms with van der Waals surface area (Å²) in [7, 11) is 0. The fourth-order valence-corrected chi connectivity index (χ4v) is 2.73. The molecule has 0 fully saturated rings. The SMILES string of the molecule is Cc1ccc(C)c(OCC(=O)NN=Cc2ccc(-c3ccc(Cl)c(Cl)c3)o2)c1. The van der Waals surface area contributed by atoms with Crippen LogP contribution in [0.5, 0.6) is 5.75 Å². The summed E-state index contributed by atoms with van der Waals surface area (Å²) >= 11 is 11.9. The van der Waals surface area contributed by atoms with Crippen LogP contribution < -0.4 is 10.2 Å². The Kier molecular flexibility index (Phi) is 6.39. The summed E-state index contributed by atoms with van der Waals surface area (Å²) in [6.45, 7) is 3.76. The van der Waals surface area contributed by atoms with E-state index in [2.05, 4.69) is 10.5 Å². The molecule has 3 rings (SSSR count). The number of hydrogen-bond acceptors (Lipinski definition) is 4. The molecule has 0 aliphatic heterocycles. The lowest BCUT2D eigenvalue weighted by Gasteiger charge is -2.08. The Morgan fingerprint density at radius 2 is 1.93 bits per heavy atom. The first kappa shape index (κ1) is 20.0. The number of hydrazone groups is 1. The van der Waals surface area contributed by atoms with Crippen LogP contribution in [-0.2, 0) is 4.79 Å². The number of nitrogens with one attached hydrogen (secondary N) is 1. The highest BCUT2D eigenvalue weighted by Gasteiger charge is 2.07. The van der Waals surface area contributed by atoms with Crippen LogP contribution >= 0.6 is 23.2 Å². The predicted molar refractivity (Wildman–Crippen MR) is 111 cm³/mol. The molecule has 1 N–H and O–H groups in total. The molecule has 0 radical (unpaired) electrons. The van der Waals surface area contributed by atoms with Crippen LogP contribution in [0.25, 0.3) is 11.3 Å². The minimum absolute atomic E-state index is 0.131. The van der Waals surface area contributed by atoms with Crippen molar-refractivity contribution < 1.29 is 13.9 Å². The highest BCUT2D eigenvalue weighted by molar-refractivity contribution is 6.42. The predicted octanol–water partition coefficient (Wildman–Crippen LogP) is 5.40. The van der Waals surface area contributed by atoms with E-state index in [1.165, 1.54) is 6.21 Å². The van der Waals surface area contributed by atoms with Crippen LogP contribution in [0.2, 0.25) is 10.0 Å². The van der Waals surface area contributed by atoms with Crippen molar-refractivity contribution in [3.8, 4) is 17.1 Å². The summed E-state index contributed by atoms with van der Waals surface area (Å²) in [4.78, 5) is 11.9. The molecule has 7 heteroatoms. The minimum atomic E-state index is -0.367. The Hall–Kier alpha value is -2.76. The Morgan fingerprint density at radius 1 is 1.11 bits per heavy atom. The Morgan fingerprint density at radius 3 is 2.71 bits per heavy atom. The Balaban J connectivity index is 1.54. The Bertz CT molecular complexity index is 1030. The summed E-state index contributed by atoms with van der Waals surface area (Å²) in [6, 6.07) is 14.6. The van der Waals surface area contributed by atoms with Gasteiger partial charge in [0.2, 0.25) is 0 Å². The van der Waals surface area contributed by atoms with E-state index >= 15 is 0 Å². The number of amides is 1. The van der Waals surface area contributed by atoms with E-state index in [1.54, 1.807) is 30.3 Å². The molecule has 0 saturated heterocycles. The number of hydrogen-bond donors (Lipinski definition) is 1. The first-order valence-electron chi connectivity index (χ1n) is 8.49. The lowest BCUT2D eigenvalue weighted by molar-refractivity contribution is -0.123. The van der Waals surface area contributed by atoms with Crippen molar-refractivity contribution in [3.05, 3.63) is 75.5 Å². The van der Waals surface area contributed by atoms with Crippen molar-refractivity contribution in [1.82, 2.24) is 5.43 Å². The topological polar surface area (TPSA) is 63.8 Å². The van der Waals surface area contributed by atoms with Gasteiger partial charge in [-0.25, -0.2) is 5.43 Å². The first-order chi connectivity index (χ1) is 13.4. The molecule has 144 valence electrons. The largest absolute Gasteiger partial charge is 0.483 e. The highest BCUT2D eigenvalue weighted by Crippen LogP contribution is 2.29. The van der Waals surface area contributed by atoms with Crippen molar-refractivity contribution in [3.63, 3.8) is 0 Å². The van der Waals surface area contributed by atoms with E-state index in [0.717, 1.165) is 16.7 Å². The summed E-state index contributed by atoms with van der Waals surface area (Å²) in [5, 5.41) is 4.81. The first-order valence-corrected chi connectivity index (χ1v) is 9.25. The van der Waals surface area contributed by atoms with Gasteiger partial charge in [-0.1, -0.05) is 35.3 Å². The molecule has 1 aromatic heterocycles. The molecule has 0 atom stereocenters. The maximum atomic E-state index is 11.9. The normalized spacial score (nSPS) is 11.0. The van der Waals surface area contributed by atoms with Gasteiger partial charge in [-0.05, 0) is 61.4 Å². The van der Waals surface area contributed by atoms with E-state index in [0.29, 0.717) is 27.3 Å². The van der Waals surface area contributed by atoms with E-state index in [-0.39, 0.29) is 12.5 Å². The zero-order chi connectivity index (χ0) is 20.1. The fraction of sp³-hybridized carbons (Fsp3) is 0.143. The third-order valence-electron chi connectivity index (χ3n) is 3.91. The van der Waals surface area contributed by atoms with E-state index < -0.39 is 0 Å². The van der Waals surface area contributed by atoms with Gasteiger partial charge in [-0.3, -0.25) is 4.79 Å². The zero-order valence-corrected chi connectivity index (χ0v) is 16.8. The smallest absolute Gasteiger partial charge is 0.277 e. The van der Waals surface area contributed by atoms with Crippen LogP contribution in [0.3, 0.4) is 0 Å². The van der Waals surface area contributed by atoms with E-state index in [1.807, 2.05) is 32.0 Å². The zero-order valence-electron chi connectivity index (χ0n) is 15.3. The van der Waals surface area contributed by atoms with Crippen molar-refractivity contribution in [2.75, 3.05) is 6.61 Å². The molecular weight excluding hydrogens is 399 g/mol. The molecule has 0 aliphatic carbocycles. The van der Waals surface area contributed by atoms with Gasteiger partial charge >= 0.3 is 0 Å². The van der Waals surface area contributed by atoms with Crippen molar-refractivity contribution >= 4 is 35.3 Å². The fourth-order valence-electron chi connectivity index (χ4n) is 2.43. The average molecular weight is 417 g/mol. The molecule has 0 bridgehead atoms. The number of carbonyl (C=O) groups is 1. The molecule has 5 nitrogen and oxygen atoms in total. The molecule has 1 heterocycles. The molecule has 2 aromatic carbocycles. The second-order valence-corrected chi connectivity index (χ2v) is 7.00. The third-order valence-corrected chi connectivity index (χ3v) is 4.65. The van der Waals surface area contributed by atoms with Gasteiger partial charge in [-0.15, -0.1) is 0 Å². The summed E-state index contributed by atoms with van der Waals surface area (Å²) < 4.78 is 11.2. The molecule has 0 saturated carbocycles. The third kappa shape index (κ3) is 5.15. The molecule has 0 aliphatic rings. The summed E-state index contributed by atoms with van der Waals surface area (Å²) in [5.41, 5.74) is 5.23. The molecule has 28 heavy (non-hydrogen) atoms. The number of aryl methyl sites for hydroxylation is 2. The number of ether oxygens (including phenoxy) is 1.